The minimum Gasteiger partial charge on any atom is -0.485 e. The van der Waals surface area contributed by atoms with Gasteiger partial charge >= 0.3 is 6.03 Å². The lowest BCUT2D eigenvalue weighted by molar-refractivity contribution is -0.137. The van der Waals surface area contributed by atoms with Crippen LogP contribution < -0.4 is 10.5 Å². The molecule has 1 heterocycles. The SMILES string of the molecule is CC1(C)Oc2ccc(C#N)cc2C(N(C(N)=O)C(=O)C(Cl)(Cl)Cl)C1O. The summed E-state index contributed by atoms with van der Waals surface area (Å²) in [6.45, 7) is 3.12. The first-order chi connectivity index (χ1) is 11.4. The lowest BCUT2D eigenvalue weighted by Gasteiger charge is -2.45. The Labute approximate surface area is 158 Å². The minimum absolute atomic E-state index is 0.201. The fraction of sp³-hybridized carbons (Fsp3) is 0.400. The molecule has 2 rings (SSSR count). The quantitative estimate of drug-likeness (QED) is 0.695. The molecule has 0 radical (unpaired) electrons. The summed E-state index contributed by atoms with van der Waals surface area (Å²) in [6, 6.07) is 3.77. The number of aliphatic hydroxyl groups is 1. The second kappa shape index (κ2) is 6.54. The molecule has 0 aliphatic carbocycles. The van der Waals surface area contributed by atoms with Gasteiger partial charge in [-0.05, 0) is 32.0 Å². The highest BCUT2D eigenvalue weighted by molar-refractivity contribution is 6.76. The average molecular weight is 407 g/mol. The summed E-state index contributed by atoms with van der Waals surface area (Å²) in [5, 5.41) is 19.8. The van der Waals surface area contributed by atoms with Crippen LogP contribution in [-0.4, -0.2) is 37.4 Å². The Balaban J connectivity index is 2.70. The Morgan fingerprint density at radius 3 is 2.48 bits per heavy atom. The molecule has 0 fully saturated rings. The summed E-state index contributed by atoms with van der Waals surface area (Å²) < 4.78 is 3.24. The number of urea groups is 1. The lowest BCUT2D eigenvalue weighted by Crippen LogP contribution is -2.58. The van der Waals surface area contributed by atoms with Gasteiger partial charge in [0.15, 0.2) is 0 Å². The number of nitrogens with two attached hydrogens (primary N) is 1. The predicted molar refractivity (Wildman–Crippen MR) is 91.3 cm³/mol. The molecular weight excluding hydrogens is 393 g/mol. The van der Waals surface area contributed by atoms with Gasteiger partial charge in [0.25, 0.3) is 9.70 Å². The standard InChI is InChI=1S/C15H14Cl3N3O4/c1-14(2)11(22)10(21(13(20)24)12(23)15(16,17)18)8-5-7(6-19)3-4-9(8)25-14/h3-5,10-11,22H,1-2H3,(H2,20,24). The van der Waals surface area contributed by atoms with E-state index in [1.165, 1.54) is 18.2 Å². The Morgan fingerprint density at radius 2 is 2.00 bits per heavy atom. The van der Waals surface area contributed by atoms with Crippen LogP contribution in [0.1, 0.15) is 31.0 Å². The van der Waals surface area contributed by atoms with Gasteiger partial charge in [0.05, 0.1) is 17.7 Å². The molecule has 0 bridgehead atoms. The Kier molecular flexibility index (Phi) is 5.13. The highest BCUT2D eigenvalue weighted by Crippen LogP contribution is 2.44. The smallest absolute Gasteiger partial charge is 0.322 e. The maximum atomic E-state index is 12.4. The van der Waals surface area contributed by atoms with Crippen LogP contribution in [0.15, 0.2) is 18.2 Å². The normalized spacial score (nSPS) is 21.5. The fourth-order valence-electron chi connectivity index (χ4n) is 2.62. The van der Waals surface area contributed by atoms with Crippen molar-refractivity contribution >= 4 is 46.7 Å². The molecular formula is C15H14Cl3N3O4. The number of carbonyl (C=O) groups is 2. The molecule has 7 nitrogen and oxygen atoms in total. The summed E-state index contributed by atoms with van der Waals surface area (Å²) in [7, 11) is 0. The zero-order chi connectivity index (χ0) is 19.2. The molecule has 2 unspecified atom stereocenters. The maximum Gasteiger partial charge on any atom is 0.322 e. The molecule has 134 valence electrons. The summed E-state index contributed by atoms with van der Waals surface area (Å²) in [5.74, 6) is -0.956. The van der Waals surface area contributed by atoms with Gasteiger partial charge in [-0.1, -0.05) is 34.8 Å². The molecule has 1 aliphatic rings. The van der Waals surface area contributed by atoms with Crippen LogP contribution in [0.5, 0.6) is 5.75 Å². The van der Waals surface area contributed by atoms with Gasteiger partial charge in [-0.25, -0.2) is 4.79 Å². The molecule has 0 aromatic heterocycles. The number of halogens is 3. The second-order valence-electron chi connectivity index (χ2n) is 5.97. The number of imide groups is 1. The Morgan fingerprint density at radius 1 is 1.40 bits per heavy atom. The molecule has 1 aromatic rings. The number of alkyl halides is 3. The number of fused-ring (bicyclic) bond motifs is 1. The number of benzene rings is 1. The van der Waals surface area contributed by atoms with Crippen molar-refractivity contribution in [1.29, 1.82) is 5.26 Å². The molecule has 1 aliphatic heterocycles. The zero-order valence-corrected chi connectivity index (χ0v) is 15.4. The van der Waals surface area contributed by atoms with Crippen molar-refractivity contribution in [1.82, 2.24) is 4.90 Å². The summed E-state index contributed by atoms with van der Waals surface area (Å²) >= 11 is 16.8. The van der Waals surface area contributed by atoms with Crippen molar-refractivity contribution in [3.05, 3.63) is 29.3 Å². The molecule has 0 spiro atoms. The topological polar surface area (TPSA) is 117 Å². The van der Waals surface area contributed by atoms with E-state index < -0.39 is 33.5 Å². The number of amides is 3. The number of primary amides is 1. The number of aliphatic hydroxyl groups excluding tert-OH is 1. The van der Waals surface area contributed by atoms with Crippen LogP contribution >= 0.6 is 34.8 Å². The number of ether oxygens (including phenoxy) is 1. The minimum atomic E-state index is -2.47. The van der Waals surface area contributed by atoms with E-state index in [9.17, 15) is 14.7 Å². The van der Waals surface area contributed by atoms with E-state index in [0.717, 1.165) is 0 Å². The molecule has 3 amide bonds. The fourth-order valence-corrected chi connectivity index (χ4v) is 2.89. The van der Waals surface area contributed by atoms with Crippen LogP contribution in [0.2, 0.25) is 0 Å². The summed E-state index contributed by atoms with van der Waals surface area (Å²) in [4.78, 5) is 24.9. The van der Waals surface area contributed by atoms with E-state index in [1.54, 1.807) is 13.8 Å². The van der Waals surface area contributed by atoms with Gasteiger partial charge < -0.3 is 15.6 Å². The van der Waals surface area contributed by atoms with Crippen LogP contribution in [0, 0.1) is 11.3 Å². The van der Waals surface area contributed by atoms with E-state index >= 15 is 0 Å². The van der Waals surface area contributed by atoms with Gasteiger partial charge in [0, 0.05) is 5.56 Å². The van der Waals surface area contributed by atoms with Crippen LogP contribution in [0.4, 0.5) is 4.79 Å². The molecule has 0 saturated heterocycles. The summed E-state index contributed by atoms with van der Waals surface area (Å²) in [6.07, 6.45) is -1.39. The zero-order valence-electron chi connectivity index (χ0n) is 13.2. The largest absolute Gasteiger partial charge is 0.485 e. The first kappa shape index (κ1) is 19.6. The number of nitriles is 1. The molecule has 25 heavy (non-hydrogen) atoms. The Hall–Kier alpha value is -1.72. The Bertz CT molecular complexity index is 770. The van der Waals surface area contributed by atoms with E-state index in [1.807, 2.05) is 6.07 Å². The van der Waals surface area contributed by atoms with E-state index in [0.29, 0.717) is 4.90 Å². The van der Waals surface area contributed by atoms with Gasteiger partial charge in [0.1, 0.15) is 17.5 Å². The van der Waals surface area contributed by atoms with Gasteiger partial charge in [0.2, 0.25) is 0 Å². The van der Waals surface area contributed by atoms with Crippen molar-refractivity contribution in [2.45, 2.75) is 35.4 Å². The van der Waals surface area contributed by atoms with E-state index in [4.69, 9.17) is 50.5 Å². The van der Waals surface area contributed by atoms with Gasteiger partial charge in [-0.2, -0.15) is 5.26 Å². The first-order valence-electron chi connectivity index (χ1n) is 7.01. The summed E-state index contributed by atoms with van der Waals surface area (Å²) in [5.41, 5.74) is 4.56. The van der Waals surface area contributed by atoms with Crippen molar-refractivity contribution in [2.24, 2.45) is 5.73 Å². The van der Waals surface area contributed by atoms with Gasteiger partial charge in [-0.15, -0.1) is 0 Å². The predicted octanol–water partition coefficient (Wildman–Crippen LogP) is 2.41. The molecule has 2 atom stereocenters. The van der Waals surface area contributed by atoms with Crippen molar-refractivity contribution in [2.75, 3.05) is 0 Å². The molecule has 0 saturated carbocycles. The van der Waals surface area contributed by atoms with Crippen molar-refractivity contribution in [3.63, 3.8) is 0 Å². The monoisotopic (exact) mass is 405 g/mol. The first-order valence-corrected chi connectivity index (χ1v) is 8.14. The van der Waals surface area contributed by atoms with Crippen molar-refractivity contribution in [3.8, 4) is 11.8 Å². The highest BCUT2D eigenvalue weighted by Gasteiger charge is 2.51. The number of nitrogens with zero attached hydrogens (tertiary/aromatic N) is 2. The van der Waals surface area contributed by atoms with Crippen LogP contribution in [-0.2, 0) is 4.79 Å². The third kappa shape index (κ3) is 3.62. The van der Waals surface area contributed by atoms with E-state index in [-0.39, 0.29) is 16.9 Å². The van der Waals surface area contributed by atoms with Crippen molar-refractivity contribution < 1.29 is 19.4 Å². The molecule has 3 N–H and O–H groups in total. The number of hydrogen-bond donors (Lipinski definition) is 2. The lowest BCUT2D eigenvalue weighted by atomic mass is 9.85. The average Bonchev–Trinajstić information content (AvgIpc) is 2.49. The number of rotatable bonds is 1. The van der Waals surface area contributed by atoms with E-state index in [2.05, 4.69) is 0 Å². The van der Waals surface area contributed by atoms with Crippen LogP contribution in [0.3, 0.4) is 0 Å². The second-order valence-corrected chi connectivity index (χ2v) is 8.25. The molecule has 10 heteroatoms. The number of hydrogen-bond acceptors (Lipinski definition) is 5. The molecule has 1 aromatic carbocycles. The maximum absolute atomic E-state index is 12.4. The number of carbonyl (C=O) groups excluding carboxylic acids is 2. The third-order valence-corrected chi connectivity index (χ3v) is 4.30. The highest BCUT2D eigenvalue weighted by atomic mass is 35.6. The third-order valence-electron chi connectivity index (χ3n) is 3.82. The van der Waals surface area contributed by atoms with Gasteiger partial charge in [-0.3, -0.25) is 9.69 Å². The van der Waals surface area contributed by atoms with Crippen LogP contribution in [0.25, 0.3) is 0 Å².